The number of carbonyl (C=O) groups excluding carboxylic acids is 1. The minimum absolute atomic E-state index is 0.0342. The van der Waals surface area contributed by atoms with Crippen molar-refractivity contribution < 1.29 is 13.2 Å². The number of sulfonamides is 1. The van der Waals surface area contributed by atoms with Gasteiger partial charge in [0.15, 0.2) is 0 Å². The zero-order chi connectivity index (χ0) is 15.8. The van der Waals surface area contributed by atoms with Crippen LogP contribution in [0.25, 0.3) is 0 Å². The smallest absolute Gasteiger partial charge is 0.244 e. The van der Waals surface area contributed by atoms with Gasteiger partial charge in [-0.25, -0.2) is 8.42 Å². The average Bonchev–Trinajstić information content (AvgIpc) is 2.44. The monoisotopic (exact) mass is 307 g/mol. The van der Waals surface area contributed by atoms with Crippen LogP contribution in [0.15, 0.2) is 29.2 Å². The van der Waals surface area contributed by atoms with Gasteiger partial charge in [-0.1, -0.05) is 6.07 Å². The molecule has 0 saturated carbocycles. The number of amides is 1. The number of carbonyl (C=O) groups is 1. The summed E-state index contributed by atoms with van der Waals surface area (Å²) in [7, 11) is -2.17. The third kappa shape index (κ3) is 2.52. The number of rotatable bonds is 2. The van der Waals surface area contributed by atoms with Crippen LogP contribution < -0.4 is 0 Å². The van der Waals surface area contributed by atoms with Crippen LogP contribution in [0.4, 0.5) is 0 Å². The van der Waals surface area contributed by atoms with Crippen LogP contribution in [0.5, 0.6) is 0 Å². The van der Waals surface area contributed by atoms with Gasteiger partial charge in [-0.15, -0.1) is 0 Å². The van der Waals surface area contributed by atoms with E-state index in [0.29, 0.717) is 6.54 Å². The molecule has 1 saturated heterocycles. The molecular formula is C14H17N3O3S. The molecule has 1 aliphatic rings. The predicted molar refractivity (Wildman–Crippen MR) is 76.8 cm³/mol. The first kappa shape index (κ1) is 15.5. The summed E-state index contributed by atoms with van der Waals surface area (Å²) in [4.78, 5) is 13.8. The second-order valence-electron chi connectivity index (χ2n) is 5.50. The standard InChI is InChI=1S/C14H17N3O3S/c1-14(2)13(18)16(3)7-8-17(14)21(19,20)12-6-4-5-11(9-12)10-15/h4-6,9H,7-8H2,1-3H3. The minimum atomic E-state index is -3.82. The molecule has 1 aliphatic heterocycles. The lowest BCUT2D eigenvalue weighted by Gasteiger charge is -2.43. The Kier molecular flexibility index (Phi) is 3.78. The predicted octanol–water partition coefficient (Wildman–Crippen LogP) is 0.800. The summed E-state index contributed by atoms with van der Waals surface area (Å²) in [5, 5.41) is 8.90. The average molecular weight is 307 g/mol. The maximum atomic E-state index is 12.8. The maximum absolute atomic E-state index is 12.8. The van der Waals surface area contributed by atoms with Crippen LogP contribution >= 0.6 is 0 Å². The fourth-order valence-corrected chi connectivity index (χ4v) is 4.25. The molecule has 0 atom stereocenters. The van der Waals surface area contributed by atoms with E-state index >= 15 is 0 Å². The second kappa shape index (κ2) is 5.13. The number of nitrogens with zero attached hydrogens (tertiary/aromatic N) is 3. The van der Waals surface area contributed by atoms with Crippen molar-refractivity contribution in [3.63, 3.8) is 0 Å². The summed E-state index contributed by atoms with van der Waals surface area (Å²) in [5.74, 6) is -0.242. The molecular weight excluding hydrogens is 290 g/mol. The van der Waals surface area contributed by atoms with Gasteiger partial charge in [0.25, 0.3) is 0 Å². The fraction of sp³-hybridized carbons (Fsp3) is 0.429. The van der Waals surface area contributed by atoms with Crippen molar-refractivity contribution in [2.75, 3.05) is 20.1 Å². The topological polar surface area (TPSA) is 81.5 Å². The lowest BCUT2D eigenvalue weighted by atomic mass is 10.0. The van der Waals surface area contributed by atoms with Crippen LogP contribution in [0.3, 0.4) is 0 Å². The lowest BCUT2D eigenvalue weighted by Crippen LogP contribution is -2.63. The third-order valence-electron chi connectivity index (χ3n) is 3.68. The van der Waals surface area contributed by atoms with Gasteiger partial charge in [0, 0.05) is 20.1 Å². The highest BCUT2D eigenvalue weighted by Gasteiger charge is 2.46. The highest BCUT2D eigenvalue weighted by Crippen LogP contribution is 2.29. The first-order valence-corrected chi connectivity index (χ1v) is 7.94. The van der Waals surface area contributed by atoms with Crippen LogP contribution in [0, 0.1) is 11.3 Å². The molecule has 21 heavy (non-hydrogen) atoms. The Morgan fingerprint density at radius 3 is 2.57 bits per heavy atom. The van der Waals surface area contributed by atoms with E-state index in [1.807, 2.05) is 6.07 Å². The molecule has 1 aromatic rings. The van der Waals surface area contributed by atoms with Crippen molar-refractivity contribution in [1.29, 1.82) is 5.26 Å². The van der Waals surface area contributed by atoms with Crippen LogP contribution in [-0.2, 0) is 14.8 Å². The van der Waals surface area contributed by atoms with Crippen molar-refractivity contribution in [2.24, 2.45) is 0 Å². The third-order valence-corrected chi connectivity index (χ3v) is 5.75. The summed E-state index contributed by atoms with van der Waals surface area (Å²) >= 11 is 0. The van der Waals surface area contributed by atoms with Crippen molar-refractivity contribution in [2.45, 2.75) is 24.3 Å². The van der Waals surface area contributed by atoms with Gasteiger partial charge in [0.2, 0.25) is 15.9 Å². The van der Waals surface area contributed by atoms with Gasteiger partial charge in [-0.3, -0.25) is 4.79 Å². The summed E-state index contributed by atoms with van der Waals surface area (Å²) in [5.41, 5.74) is -0.872. The Morgan fingerprint density at radius 1 is 1.29 bits per heavy atom. The fourth-order valence-electron chi connectivity index (χ4n) is 2.47. The highest BCUT2D eigenvalue weighted by atomic mass is 32.2. The molecule has 0 unspecified atom stereocenters. The van der Waals surface area contributed by atoms with Gasteiger partial charge in [0.05, 0.1) is 16.5 Å². The van der Waals surface area contributed by atoms with Crippen molar-refractivity contribution in [1.82, 2.24) is 9.21 Å². The van der Waals surface area contributed by atoms with E-state index in [0.717, 1.165) is 0 Å². The number of piperazine rings is 1. The van der Waals surface area contributed by atoms with E-state index in [1.165, 1.54) is 27.4 Å². The number of hydrogen-bond acceptors (Lipinski definition) is 4. The number of nitriles is 1. The molecule has 0 aromatic heterocycles. The zero-order valence-corrected chi connectivity index (χ0v) is 13.0. The van der Waals surface area contributed by atoms with Crippen LogP contribution in [0.2, 0.25) is 0 Å². The molecule has 0 bridgehead atoms. The van der Waals surface area contributed by atoms with Gasteiger partial charge in [-0.2, -0.15) is 9.57 Å². The van der Waals surface area contributed by atoms with Gasteiger partial charge < -0.3 is 4.90 Å². The molecule has 112 valence electrons. The maximum Gasteiger partial charge on any atom is 0.244 e. The molecule has 1 aromatic carbocycles. The first-order chi connectivity index (χ1) is 9.71. The van der Waals surface area contributed by atoms with Gasteiger partial charge in [-0.05, 0) is 32.0 Å². The Morgan fingerprint density at radius 2 is 1.95 bits per heavy atom. The van der Waals surface area contributed by atoms with E-state index < -0.39 is 15.6 Å². The van der Waals surface area contributed by atoms with Crippen LogP contribution in [-0.4, -0.2) is 49.2 Å². The number of hydrogen-bond donors (Lipinski definition) is 0. The Hall–Kier alpha value is -1.91. The molecule has 0 N–H and O–H groups in total. The highest BCUT2D eigenvalue weighted by molar-refractivity contribution is 7.89. The number of benzene rings is 1. The zero-order valence-electron chi connectivity index (χ0n) is 12.2. The summed E-state index contributed by atoms with van der Waals surface area (Å²) in [6, 6.07) is 7.75. The summed E-state index contributed by atoms with van der Waals surface area (Å²) in [6.07, 6.45) is 0. The first-order valence-electron chi connectivity index (χ1n) is 6.50. The Bertz CT molecular complexity index is 719. The molecule has 7 heteroatoms. The Balaban J connectivity index is 2.49. The van der Waals surface area contributed by atoms with E-state index in [1.54, 1.807) is 27.0 Å². The van der Waals surface area contributed by atoms with E-state index in [9.17, 15) is 13.2 Å². The molecule has 0 radical (unpaired) electrons. The minimum Gasteiger partial charge on any atom is -0.343 e. The number of likely N-dealkylation sites (N-methyl/N-ethyl adjacent to an activating group) is 1. The molecule has 1 fully saturated rings. The largest absolute Gasteiger partial charge is 0.343 e. The van der Waals surface area contributed by atoms with Crippen LogP contribution in [0.1, 0.15) is 19.4 Å². The second-order valence-corrected chi connectivity index (χ2v) is 7.36. The molecule has 1 heterocycles. The quantitative estimate of drug-likeness (QED) is 0.809. The molecule has 0 spiro atoms. The molecule has 1 amide bonds. The Labute approximate surface area is 124 Å². The van der Waals surface area contributed by atoms with E-state index in [2.05, 4.69) is 0 Å². The SMILES string of the molecule is CN1CCN(S(=O)(=O)c2cccc(C#N)c2)C(C)(C)C1=O. The normalized spacial score (nSPS) is 19.3. The van der Waals surface area contributed by atoms with Gasteiger partial charge >= 0.3 is 0 Å². The molecule has 6 nitrogen and oxygen atoms in total. The van der Waals surface area contributed by atoms with Crippen molar-refractivity contribution >= 4 is 15.9 Å². The summed E-state index contributed by atoms with van der Waals surface area (Å²) < 4.78 is 26.7. The van der Waals surface area contributed by atoms with E-state index in [-0.39, 0.29) is 22.9 Å². The van der Waals surface area contributed by atoms with Crippen molar-refractivity contribution in [3.05, 3.63) is 29.8 Å². The molecule has 0 aliphatic carbocycles. The molecule has 2 rings (SSSR count). The van der Waals surface area contributed by atoms with Gasteiger partial charge in [0.1, 0.15) is 5.54 Å². The van der Waals surface area contributed by atoms with E-state index in [4.69, 9.17) is 5.26 Å². The van der Waals surface area contributed by atoms with Crippen molar-refractivity contribution in [3.8, 4) is 6.07 Å². The summed E-state index contributed by atoms with van der Waals surface area (Å²) in [6.45, 7) is 3.77. The lowest BCUT2D eigenvalue weighted by molar-refractivity contribution is -0.142.